The lowest BCUT2D eigenvalue weighted by Gasteiger charge is -1.95. The molecular weight excluding hydrogens is 176 g/mol. The van der Waals surface area contributed by atoms with Gasteiger partial charge < -0.3 is 0 Å². The lowest BCUT2D eigenvalue weighted by molar-refractivity contribution is 0.407. The van der Waals surface area contributed by atoms with Crippen molar-refractivity contribution in [2.24, 2.45) is 0 Å². The SMILES string of the molecule is CCCCSOS(=O)(=O)O. The molecule has 0 atom stereocenters. The molecule has 0 aliphatic heterocycles. The Morgan fingerprint density at radius 1 is 1.60 bits per heavy atom. The number of hydrogen-bond donors (Lipinski definition) is 1. The molecule has 0 rings (SSSR count). The van der Waals surface area contributed by atoms with Gasteiger partial charge in [0.1, 0.15) is 0 Å². The van der Waals surface area contributed by atoms with Crippen molar-refractivity contribution in [3.8, 4) is 0 Å². The fraction of sp³-hybridized carbons (Fsp3) is 1.00. The van der Waals surface area contributed by atoms with Gasteiger partial charge in [0.25, 0.3) is 0 Å². The van der Waals surface area contributed by atoms with E-state index in [4.69, 9.17) is 4.55 Å². The van der Waals surface area contributed by atoms with E-state index in [1.807, 2.05) is 6.92 Å². The van der Waals surface area contributed by atoms with Crippen molar-refractivity contribution in [1.29, 1.82) is 0 Å². The normalized spacial score (nSPS) is 11.8. The van der Waals surface area contributed by atoms with Gasteiger partial charge in [-0.25, -0.2) is 0 Å². The Kier molecular flexibility index (Phi) is 5.06. The Bertz CT molecular complexity index is 162. The molecule has 0 aromatic heterocycles. The van der Waals surface area contributed by atoms with E-state index in [0.717, 1.165) is 24.9 Å². The third kappa shape index (κ3) is 8.22. The van der Waals surface area contributed by atoms with Gasteiger partial charge in [0.2, 0.25) is 0 Å². The fourth-order valence-corrected chi connectivity index (χ4v) is 1.46. The minimum absolute atomic E-state index is 0.580. The van der Waals surface area contributed by atoms with Crippen LogP contribution in [0.5, 0.6) is 0 Å². The van der Waals surface area contributed by atoms with Crippen LogP contribution in [0.1, 0.15) is 19.8 Å². The van der Waals surface area contributed by atoms with Crippen LogP contribution in [0.4, 0.5) is 0 Å². The lowest BCUT2D eigenvalue weighted by atomic mass is 10.4. The summed E-state index contributed by atoms with van der Waals surface area (Å²) in [5.41, 5.74) is 0. The van der Waals surface area contributed by atoms with E-state index in [1.54, 1.807) is 0 Å². The highest BCUT2D eigenvalue weighted by Gasteiger charge is 2.03. The predicted molar refractivity (Wildman–Crippen MR) is 40.0 cm³/mol. The van der Waals surface area contributed by atoms with Gasteiger partial charge >= 0.3 is 10.4 Å². The standard InChI is InChI=1S/C4H10O4S2/c1-2-3-4-9-8-10(5,6)7/h2-4H2,1H3,(H,5,6,7). The van der Waals surface area contributed by atoms with E-state index < -0.39 is 10.4 Å². The molecule has 0 aromatic rings. The van der Waals surface area contributed by atoms with E-state index >= 15 is 0 Å². The summed E-state index contributed by atoms with van der Waals surface area (Å²) in [5, 5.41) is 0. The molecule has 0 amide bonds. The summed E-state index contributed by atoms with van der Waals surface area (Å²) in [4.78, 5) is 0. The first-order valence-corrected chi connectivity index (χ1v) is 5.12. The van der Waals surface area contributed by atoms with E-state index in [-0.39, 0.29) is 0 Å². The van der Waals surface area contributed by atoms with E-state index in [1.165, 1.54) is 0 Å². The second kappa shape index (κ2) is 4.95. The van der Waals surface area contributed by atoms with Crippen LogP contribution in [-0.2, 0) is 14.0 Å². The summed E-state index contributed by atoms with van der Waals surface area (Å²) in [5.74, 6) is 0.580. The molecule has 62 valence electrons. The molecule has 0 aliphatic rings. The molecule has 0 heterocycles. The monoisotopic (exact) mass is 186 g/mol. The van der Waals surface area contributed by atoms with Crippen molar-refractivity contribution in [2.75, 3.05) is 5.75 Å². The minimum atomic E-state index is -4.24. The van der Waals surface area contributed by atoms with E-state index in [2.05, 4.69) is 3.63 Å². The summed E-state index contributed by atoms with van der Waals surface area (Å²) in [7, 11) is -4.24. The molecule has 6 heteroatoms. The lowest BCUT2D eigenvalue weighted by Crippen LogP contribution is -1.97. The Morgan fingerprint density at radius 3 is 2.60 bits per heavy atom. The molecular formula is C4H10O4S2. The van der Waals surface area contributed by atoms with Crippen LogP contribution in [0.15, 0.2) is 0 Å². The third-order valence-corrected chi connectivity index (χ3v) is 2.24. The second-order valence-corrected chi connectivity index (χ2v) is 3.72. The maximum atomic E-state index is 9.91. The first kappa shape index (κ1) is 10.2. The topological polar surface area (TPSA) is 63.6 Å². The Morgan fingerprint density at radius 2 is 2.20 bits per heavy atom. The molecule has 10 heavy (non-hydrogen) atoms. The van der Waals surface area contributed by atoms with Gasteiger partial charge in [-0.3, -0.25) is 4.55 Å². The maximum absolute atomic E-state index is 9.91. The quantitative estimate of drug-likeness (QED) is 0.398. The van der Waals surface area contributed by atoms with Gasteiger partial charge in [0.05, 0.1) is 0 Å². The maximum Gasteiger partial charge on any atom is 0.408 e. The van der Waals surface area contributed by atoms with Gasteiger partial charge in [-0.2, -0.15) is 12.0 Å². The third-order valence-electron chi connectivity index (χ3n) is 0.715. The minimum Gasteiger partial charge on any atom is -0.263 e. The largest absolute Gasteiger partial charge is 0.408 e. The van der Waals surface area contributed by atoms with Crippen LogP contribution < -0.4 is 0 Å². The molecule has 0 aromatic carbocycles. The van der Waals surface area contributed by atoms with E-state index in [9.17, 15) is 8.42 Å². The van der Waals surface area contributed by atoms with Gasteiger partial charge in [-0.1, -0.05) is 13.3 Å². The zero-order valence-electron chi connectivity index (χ0n) is 5.61. The van der Waals surface area contributed by atoms with Gasteiger partial charge in [-0.05, 0) is 6.42 Å². The molecule has 0 saturated heterocycles. The molecule has 0 radical (unpaired) electrons. The highest BCUT2D eigenvalue weighted by atomic mass is 32.3. The first-order chi connectivity index (χ1) is 4.56. The van der Waals surface area contributed by atoms with Gasteiger partial charge in [-0.15, -0.1) is 0 Å². The van der Waals surface area contributed by atoms with Crippen LogP contribution in [0, 0.1) is 0 Å². The van der Waals surface area contributed by atoms with Crippen molar-refractivity contribution in [3.63, 3.8) is 0 Å². The Labute approximate surface area is 65.1 Å². The van der Waals surface area contributed by atoms with Crippen molar-refractivity contribution in [1.82, 2.24) is 0 Å². The molecule has 0 saturated carbocycles. The van der Waals surface area contributed by atoms with Crippen molar-refractivity contribution < 1.29 is 16.6 Å². The highest BCUT2D eigenvalue weighted by Crippen LogP contribution is 2.08. The summed E-state index contributed by atoms with van der Waals surface area (Å²) >= 11 is 0.747. The van der Waals surface area contributed by atoms with Crippen molar-refractivity contribution >= 4 is 22.4 Å². The van der Waals surface area contributed by atoms with Crippen molar-refractivity contribution in [2.45, 2.75) is 19.8 Å². The van der Waals surface area contributed by atoms with Crippen LogP contribution >= 0.6 is 12.0 Å². The molecule has 0 spiro atoms. The average molecular weight is 186 g/mol. The van der Waals surface area contributed by atoms with Crippen LogP contribution in [0.3, 0.4) is 0 Å². The molecule has 0 bridgehead atoms. The molecule has 1 N–H and O–H groups in total. The second-order valence-electron chi connectivity index (χ2n) is 1.67. The summed E-state index contributed by atoms with van der Waals surface area (Å²) < 4.78 is 31.8. The fourth-order valence-electron chi connectivity index (χ4n) is 0.298. The summed E-state index contributed by atoms with van der Waals surface area (Å²) in [6, 6.07) is 0. The number of unbranched alkanes of at least 4 members (excludes halogenated alkanes) is 1. The van der Waals surface area contributed by atoms with Crippen LogP contribution in [0.25, 0.3) is 0 Å². The van der Waals surface area contributed by atoms with E-state index in [0.29, 0.717) is 5.75 Å². The van der Waals surface area contributed by atoms with Gasteiger partial charge in [0.15, 0.2) is 0 Å². The summed E-state index contributed by atoms with van der Waals surface area (Å²) in [6.45, 7) is 1.98. The van der Waals surface area contributed by atoms with Crippen molar-refractivity contribution in [3.05, 3.63) is 0 Å². The van der Waals surface area contributed by atoms with Gasteiger partial charge in [0, 0.05) is 17.8 Å². The first-order valence-electron chi connectivity index (χ1n) is 2.85. The predicted octanol–water partition coefficient (Wildman–Crippen LogP) is 1.25. The smallest absolute Gasteiger partial charge is 0.263 e. The van der Waals surface area contributed by atoms with Crippen LogP contribution in [0.2, 0.25) is 0 Å². The molecule has 0 unspecified atom stereocenters. The zero-order valence-corrected chi connectivity index (χ0v) is 7.24. The zero-order chi connectivity index (χ0) is 8.04. The highest BCUT2D eigenvalue weighted by molar-refractivity contribution is 8.02. The number of rotatable bonds is 5. The molecule has 0 aliphatic carbocycles. The summed E-state index contributed by atoms with van der Waals surface area (Å²) in [6.07, 6.45) is 1.85. The Balaban J connectivity index is 3.21. The molecule has 0 fully saturated rings. The average Bonchev–Trinajstić information content (AvgIpc) is 1.78. The molecule has 4 nitrogen and oxygen atoms in total. The van der Waals surface area contributed by atoms with Crippen LogP contribution in [-0.4, -0.2) is 18.7 Å². The Hall–Kier alpha value is 0.220. The number of hydrogen-bond acceptors (Lipinski definition) is 4.